The highest BCUT2D eigenvalue weighted by molar-refractivity contribution is 7.17. The molecule has 0 fully saturated rings. The van der Waals surface area contributed by atoms with Crippen molar-refractivity contribution in [3.63, 3.8) is 0 Å². The Hall–Kier alpha value is -2.93. The highest BCUT2D eigenvalue weighted by Gasteiger charge is 2.18. The van der Waals surface area contributed by atoms with Gasteiger partial charge in [0.05, 0.1) is 25.6 Å². The minimum Gasteiger partial charge on any atom is -0.493 e. The van der Waals surface area contributed by atoms with Crippen molar-refractivity contribution >= 4 is 17.3 Å². The Morgan fingerprint density at radius 3 is 2.62 bits per heavy atom. The summed E-state index contributed by atoms with van der Waals surface area (Å²) in [5, 5.41) is 0.716. The molecule has 0 aliphatic heterocycles. The third-order valence-electron chi connectivity index (χ3n) is 3.69. The second-order valence-electron chi connectivity index (χ2n) is 5.40. The van der Waals surface area contributed by atoms with Gasteiger partial charge in [0, 0.05) is 11.8 Å². The fourth-order valence-corrected chi connectivity index (χ4v) is 3.32. The molecule has 0 N–H and O–H groups in total. The number of benzene rings is 1. The minimum atomic E-state index is -0.405. The molecule has 0 saturated heterocycles. The maximum atomic E-state index is 12.4. The van der Waals surface area contributed by atoms with E-state index in [-0.39, 0.29) is 6.61 Å². The summed E-state index contributed by atoms with van der Waals surface area (Å²) < 4.78 is 15.9. The number of aromatic nitrogens is 2. The zero-order valence-electron chi connectivity index (χ0n) is 14.7. The maximum Gasteiger partial charge on any atom is 0.350 e. The second kappa shape index (κ2) is 7.97. The molecule has 2 heterocycles. The number of pyridine rings is 1. The Labute approximate surface area is 155 Å². The Bertz CT molecular complexity index is 909. The lowest BCUT2D eigenvalue weighted by atomic mass is 10.2. The summed E-state index contributed by atoms with van der Waals surface area (Å²) >= 11 is 1.29. The molecule has 0 unspecified atom stereocenters. The van der Waals surface area contributed by atoms with E-state index in [0.717, 1.165) is 5.56 Å². The number of carbonyl (C=O) groups excluding carboxylic acids is 1. The van der Waals surface area contributed by atoms with E-state index in [0.29, 0.717) is 32.8 Å². The molecular weight excluding hydrogens is 352 g/mol. The van der Waals surface area contributed by atoms with Crippen LogP contribution in [0.5, 0.6) is 11.5 Å². The number of esters is 1. The number of methoxy groups -OCH3 is 2. The Morgan fingerprint density at radius 1 is 1.12 bits per heavy atom. The van der Waals surface area contributed by atoms with Crippen molar-refractivity contribution < 1.29 is 19.0 Å². The van der Waals surface area contributed by atoms with Crippen LogP contribution in [0, 0.1) is 6.92 Å². The molecular formula is C19H18N2O4S. The molecule has 0 spiro atoms. The number of ether oxygens (including phenoxy) is 3. The second-order valence-corrected chi connectivity index (χ2v) is 6.40. The number of thiazole rings is 1. The topological polar surface area (TPSA) is 70.5 Å². The third-order valence-corrected chi connectivity index (χ3v) is 4.88. The van der Waals surface area contributed by atoms with Gasteiger partial charge in [0.25, 0.3) is 0 Å². The lowest BCUT2D eigenvalue weighted by molar-refractivity contribution is 0.0472. The molecule has 0 saturated carbocycles. The fourth-order valence-electron chi connectivity index (χ4n) is 2.37. The van der Waals surface area contributed by atoms with Crippen molar-refractivity contribution in [2.75, 3.05) is 14.2 Å². The first-order chi connectivity index (χ1) is 12.6. The Morgan fingerprint density at radius 2 is 1.92 bits per heavy atom. The molecule has 3 rings (SSSR count). The van der Waals surface area contributed by atoms with Crippen molar-refractivity contribution in [3.05, 3.63) is 58.9 Å². The van der Waals surface area contributed by atoms with Crippen LogP contribution in [-0.4, -0.2) is 30.2 Å². The fraction of sp³-hybridized carbons (Fsp3) is 0.211. The van der Waals surface area contributed by atoms with Gasteiger partial charge in [0.1, 0.15) is 16.5 Å². The molecule has 134 valence electrons. The van der Waals surface area contributed by atoms with Gasteiger partial charge in [0.15, 0.2) is 11.5 Å². The summed E-state index contributed by atoms with van der Waals surface area (Å²) in [6, 6.07) is 11.0. The molecule has 2 aromatic heterocycles. The zero-order valence-corrected chi connectivity index (χ0v) is 15.5. The summed E-state index contributed by atoms with van der Waals surface area (Å²) in [6.07, 6.45) is 1.66. The standard InChI is InChI=1S/C19H18N2O4S/c1-12-17(19(22)25-11-14-6-4-5-9-20-14)26-18(21-12)13-7-8-15(23-2)16(10-13)24-3/h4-10H,11H2,1-3H3. The summed E-state index contributed by atoms with van der Waals surface area (Å²) in [5.41, 5.74) is 2.17. The van der Waals surface area contributed by atoms with E-state index >= 15 is 0 Å². The van der Waals surface area contributed by atoms with Crippen LogP contribution >= 0.6 is 11.3 Å². The van der Waals surface area contributed by atoms with Gasteiger partial charge in [-0.05, 0) is 37.3 Å². The van der Waals surface area contributed by atoms with Crippen LogP contribution in [0.25, 0.3) is 10.6 Å². The van der Waals surface area contributed by atoms with Crippen molar-refractivity contribution in [1.29, 1.82) is 0 Å². The number of nitrogens with zero attached hydrogens (tertiary/aromatic N) is 2. The van der Waals surface area contributed by atoms with Crippen molar-refractivity contribution in [2.45, 2.75) is 13.5 Å². The number of rotatable bonds is 6. The van der Waals surface area contributed by atoms with E-state index in [1.807, 2.05) is 36.4 Å². The van der Waals surface area contributed by atoms with Gasteiger partial charge in [0.2, 0.25) is 0 Å². The highest BCUT2D eigenvalue weighted by Crippen LogP contribution is 2.35. The van der Waals surface area contributed by atoms with Gasteiger partial charge in [-0.3, -0.25) is 4.98 Å². The minimum absolute atomic E-state index is 0.128. The first-order valence-electron chi connectivity index (χ1n) is 7.89. The summed E-state index contributed by atoms with van der Waals surface area (Å²) in [7, 11) is 3.16. The van der Waals surface area contributed by atoms with Crippen LogP contribution in [0.4, 0.5) is 0 Å². The molecule has 7 heteroatoms. The van der Waals surface area contributed by atoms with Crippen LogP contribution in [-0.2, 0) is 11.3 Å². The summed E-state index contributed by atoms with van der Waals surface area (Å²) in [4.78, 5) is 21.5. The Balaban J connectivity index is 1.79. The van der Waals surface area contributed by atoms with Crippen molar-refractivity contribution in [1.82, 2.24) is 9.97 Å². The van der Waals surface area contributed by atoms with Gasteiger partial charge in [-0.15, -0.1) is 11.3 Å². The predicted octanol–water partition coefficient (Wildman–Crippen LogP) is 3.89. The van der Waals surface area contributed by atoms with Gasteiger partial charge >= 0.3 is 5.97 Å². The van der Waals surface area contributed by atoms with Gasteiger partial charge in [-0.25, -0.2) is 9.78 Å². The van der Waals surface area contributed by atoms with E-state index in [4.69, 9.17) is 14.2 Å². The number of aryl methyl sites for hydroxylation is 1. The molecule has 1 aromatic carbocycles. The molecule has 0 aliphatic carbocycles. The van der Waals surface area contributed by atoms with E-state index < -0.39 is 5.97 Å². The lowest BCUT2D eigenvalue weighted by Gasteiger charge is -2.08. The number of hydrogen-bond acceptors (Lipinski definition) is 7. The predicted molar refractivity (Wildman–Crippen MR) is 98.7 cm³/mol. The van der Waals surface area contributed by atoms with Crippen LogP contribution in [0.1, 0.15) is 21.1 Å². The van der Waals surface area contributed by atoms with Crippen molar-refractivity contribution in [3.8, 4) is 22.1 Å². The summed E-state index contributed by atoms with van der Waals surface area (Å²) in [5.74, 6) is 0.842. The first-order valence-corrected chi connectivity index (χ1v) is 8.71. The van der Waals surface area contributed by atoms with Crippen LogP contribution in [0.15, 0.2) is 42.6 Å². The Kier molecular flexibility index (Phi) is 5.48. The average Bonchev–Trinajstić information content (AvgIpc) is 3.08. The average molecular weight is 370 g/mol. The largest absolute Gasteiger partial charge is 0.493 e. The van der Waals surface area contributed by atoms with Gasteiger partial charge in [-0.2, -0.15) is 0 Å². The monoisotopic (exact) mass is 370 g/mol. The van der Waals surface area contributed by atoms with E-state index in [2.05, 4.69) is 9.97 Å². The van der Waals surface area contributed by atoms with Gasteiger partial charge < -0.3 is 14.2 Å². The quantitative estimate of drug-likeness (QED) is 0.613. The molecule has 6 nitrogen and oxygen atoms in total. The highest BCUT2D eigenvalue weighted by atomic mass is 32.1. The SMILES string of the molecule is COc1ccc(-c2nc(C)c(C(=O)OCc3ccccn3)s2)cc1OC. The first kappa shape index (κ1) is 17.9. The van der Waals surface area contributed by atoms with Crippen molar-refractivity contribution in [2.24, 2.45) is 0 Å². The van der Waals surface area contributed by atoms with Crippen LogP contribution < -0.4 is 9.47 Å². The number of hydrogen-bond donors (Lipinski definition) is 0. The lowest BCUT2D eigenvalue weighted by Crippen LogP contribution is -2.05. The van der Waals surface area contributed by atoms with E-state index in [9.17, 15) is 4.79 Å². The maximum absolute atomic E-state index is 12.4. The molecule has 26 heavy (non-hydrogen) atoms. The number of carbonyl (C=O) groups is 1. The van der Waals surface area contributed by atoms with E-state index in [1.54, 1.807) is 27.3 Å². The van der Waals surface area contributed by atoms with E-state index in [1.165, 1.54) is 11.3 Å². The molecule has 0 amide bonds. The molecule has 0 radical (unpaired) electrons. The normalized spacial score (nSPS) is 10.4. The van der Waals surface area contributed by atoms with Gasteiger partial charge in [-0.1, -0.05) is 6.07 Å². The zero-order chi connectivity index (χ0) is 18.5. The molecule has 3 aromatic rings. The molecule has 0 atom stereocenters. The van der Waals surface area contributed by atoms with Crippen LogP contribution in [0.3, 0.4) is 0 Å². The summed E-state index contributed by atoms with van der Waals surface area (Å²) in [6.45, 7) is 1.92. The smallest absolute Gasteiger partial charge is 0.350 e. The van der Waals surface area contributed by atoms with Crippen LogP contribution in [0.2, 0.25) is 0 Å². The molecule has 0 bridgehead atoms. The molecule has 0 aliphatic rings. The third kappa shape index (κ3) is 3.83.